The Morgan fingerprint density at radius 1 is 0.690 bits per heavy atom. The van der Waals surface area contributed by atoms with Crippen LogP contribution in [0.4, 0.5) is 0 Å². The molecule has 2 N–H and O–H groups in total. The molecule has 0 radical (unpaired) electrons. The molecule has 0 saturated heterocycles. The topological polar surface area (TPSA) is 96.6 Å². The molecule has 208 valence electrons. The second-order valence-corrected chi connectivity index (χ2v) is 11.7. The number of fused-ring (bicyclic) bond motifs is 1. The number of furan rings is 1. The molecule has 0 bridgehead atoms. The van der Waals surface area contributed by atoms with Gasteiger partial charge in [0.2, 0.25) is 10.0 Å². The van der Waals surface area contributed by atoms with Gasteiger partial charge in [0, 0.05) is 17.4 Å². The molecule has 1 aromatic heterocycles. The van der Waals surface area contributed by atoms with Crippen LogP contribution in [0, 0.1) is 0 Å². The summed E-state index contributed by atoms with van der Waals surface area (Å²) in [6, 6.07) is 39.5. The Labute approximate surface area is 243 Å². The molecule has 6 rings (SSSR count). The molecule has 6 aromatic rings. The lowest BCUT2D eigenvalue weighted by Gasteiger charge is -2.15. The van der Waals surface area contributed by atoms with Gasteiger partial charge < -0.3 is 9.52 Å². The van der Waals surface area contributed by atoms with Crippen LogP contribution in [0.3, 0.4) is 0 Å². The van der Waals surface area contributed by atoms with Gasteiger partial charge in [-0.15, -0.1) is 0 Å². The Morgan fingerprint density at radius 2 is 1.24 bits per heavy atom. The number of nitrogens with one attached hydrogen (secondary N) is 1. The highest BCUT2D eigenvalue weighted by molar-refractivity contribution is 7.89. The number of rotatable bonds is 9. The van der Waals surface area contributed by atoms with Crippen LogP contribution < -0.4 is 4.72 Å². The number of carboxylic acids is 1. The highest BCUT2D eigenvalue weighted by Crippen LogP contribution is 2.37. The van der Waals surface area contributed by atoms with E-state index in [0.717, 1.165) is 44.5 Å². The van der Waals surface area contributed by atoms with Crippen LogP contribution >= 0.6 is 0 Å². The molecular weight excluding hydrogens is 546 g/mol. The minimum atomic E-state index is -4.08. The van der Waals surface area contributed by atoms with Crippen molar-refractivity contribution in [1.29, 1.82) is 0 Å². The average molecular weight is 574 g/mol. The van der Waals surface area contributed by atoms with Crippen molar-refractivity contribution in [2.24, 2.45) is 0 Å². The molecule has 0 spiro atoms. The summed E-state index contributed by atoms with van der Waals surface area (Å²) < 4.78 is 34.7. The highest BCUT2D eigenvalue weighted by atomic mass is 32.2. The van der Waals surface area contributed by atoms with Crippen LogP contribution in [0.5, 0.6) is 0 Å². The average Bonchev–Trinajstić information content (AvgIpc) is 3.38. The summed E-state index contributed by atoms with van der Waals surface area (Å²) in [5, 5.41) is 10.7. The largest absolute Gasteiger partial charge is 0.480 e. The Balaban J connectivity index is 1.26. The standard InChI is InChI=1S/C35H27NO5S/c37-35(38)34(28-11-5-2-6-12-28)36-42(39,40)29-21-19-26(20-22-29)25-15-17-27(18-16-25)33-30-13-7-8-14-31(30)41-32(33)23-24-9-3-1-4-10-24/h1-22,34,36H,23H2,(H,37,38). The van der Waals surface area contributed by atoms with E-state index >= 15 is 0 Å². The summed E-state index contributed by atoms with van der Waals surface area (Å²) in [5.74, 6) is -0.383. The van der Waals surface area contributed by atoms with Gasteiger partial charge in [0.05, 0.1) is 4.90 Å². The van der Waals surface area contributed by atoms with Gasteiger partial charge in [-0.1, -0.05) is 115 Å². The van der Waals surface area contributed by atoms with Gasteiger partial charge >= 0.3 is 5.97 Å². The van der Waals surface area contributed by atoms with Crippen LogP contribution in [0.15, 0.2) is 143 Å². The quantitative estimate of drug-likeness (QED) is 0.187. The highest BCUT2D eigenvalue weighted by Gasteiger charge is 2.27. The summed E-state index contributed by atoms with van der Waals surface area (Å²) >= 11 is 0. The predicted molar refractivity (Wildman–Crippen MR) is 163 cm³/mol. The van der Waals surface area contributed by atoms with Crippen LogP contribution in [-0.4, -0.2) is 19.5 Å². The molecule has 0 aliphatic rings. The van der Waals surface area contributed by atoms with Crippen LogP contribution in [-0.2, 0) is 21.2 Å². The molecule has 0 fully saturated rings. The van der Waals surface area contributed by atoms with Crippen molar-refractivity contribution < 1.29 is 22.7 Å². The fourth-order valence-electron chi connectivity index (χ4n) is 5.10. The first kappa shape index (κ1) is 27.2. The second kappa shape index (κ2) is 11.5. The van der Waals surface area contributed by atoms with Crippen LogP contribution in [0.2, 0.25) is 0 Å². The minimum absolute atomic E-state index is 0.0135. The van der Waals surface area contributed by atoms with Gasteiger partial charge in [0.25, 0.3) is 0 Å². The zero-order chi connectivity index (χ0) is 29.1. The molecule has 42 heavy (non-hydrogen) atoms. The predicted octanol–water partition coefficient (Wildman–Crippen LogP) is 7.46. The minimum Gasteiger partial charge on any atom is -0.480 e. The van der Waals surface area contributed by atoms with E-state index in [1.807, 2.05) is 60.7 Å². The van der Waals surface area contributed by atoms with E-state index in [1.54, 1.807) is 42.5 Å². The Morgan fingerprint density at radius 3 is 1.88 bits per heavy atom. The smallest absolute Gasteiger partial charge is 0.326 e. The van der Waals surface area contributed by atoms with Gasteiger partial charge in [-0.3, -0.25) is 4.79 Å². The number of hydrogen-bond acceptors (Lipinski definition) is 4. The van der Waals surface area contributed by atoms with Gasteiger partial charge in [0.1, 0.15) is 17.4 Å². The number of carboxylic acid groups (broad SMARTS) is 1. The summed E-state index contributed by atoms with van der Waals surface area (Å²) in [4.78, 5) is 11.8. The molecule has 0 saturated carbocycles. The third-order valence-corrected chi connectivity index (χ3v) is 8.64. The maximum absolute atomic E-state index is 13.0. The van der Waals surface area contributed by atoms with Crippen molar-refractivity contribution in [3.8, 4) is 22.3 Å². The Hall–Kier alpha value is -4.98. The lowest BCUT2D eigenvalue weighted by Crippen LogP contribution is -2.33. The van der Waals surface area contributed by atoms with Crippen molar-refractivity contribution >= 4 is 27.0 Å². The molecule has 0 amide bonds. The van der Waals surface area contributed by atoms with Crippen molar-refractivity contribution in [2.45, 2.75) is 17.4 Å². The Kier molecular flexibility index (Phi) is 7.44. The molecule has 0 aliphatic heterocycles. The normalized spacial score (nSPS) is 12.3. The summed E-state index contributed by atoms with van der Waals surface area (Å²) in [5.41, 5.74) is 6.18. The van der Waals surface area contributed by atoms with E-state index in [1.165, 1.54) is 12.1 Å². The van der Waals surface area contributed by atoms with Crippen LogP contribution in [0.25, 0.3) is 33.2 Å². The zero-order valence-corrected chi connectivity index (χ0v) is 23.3. The third kappa shape index (κ3) is 5.61. The monoisotopic (exact) mass is 573 g/mol. The molecular formula is C35H27NO5S. The van der Waals surface area contributed by atoms with Crippen molar-refractivity contribution in [3.63, 3.8) is 0 Å². The first-order valence-electron chi connectivity index (χ1n) is 13.4. The number of aliphatic carboxylic acids is 1. The van der Waals surface area contributed by atoms with E-state index in [2.05, 4.69) is 22.9 Å². The number of benzene rings is 5. The number of sulfonamides is 1. The number of para-hydroxylation sites is 1. The van der Waals surface area contributed by atoms with Gasteiger partial charge in [-0.25, -0.2) is 8.42 Å². The fraction of sp³-hybridized carbons (Fsp3) is 0.0571. The second-order valence-electron chi connectivity index (χ2n) is 9.96. The van der Waals surface area contributed by atoms with E-state index in [-0.39, 0.29) is 4.90 Å². The fourth-order valence-corrected chi connectivity index (χ4v) is 6.28. The zero-order valence-electron chi connectivity index (χ0n) is 22.5. The lowest BCUT2D eigenvalue weighted by atomic mass is 9.96. The maximum Gasteiger partial charge on any atom is 0.326 e. The van der Waals surface area contributed by atoms with Gasteiger partial charge in [-0.2, -0.15) is 4.72 Å². The number of hydrogen-bond donors (Lipinski definition) is 2. The summed E-state index contributed by atoms with van der Waals surface area (Å²) in [6.07, 6.45) is 0.670. The number of carbonyl (C=O) groups is 1. The SMILES string of the molecule is O=C(O)C(NS(=O)(=O)c1ccc(-c2ccc(-c3c(Cc4ccccc4)oc4ccccc34)cc2)cc1)c1ccccc1. The first-order chi connectivity index (χ1) is 20.4. The molecule has 0 aliphatic carbocycles. The molecule has 7 heteroatoms. The molecule has 5 aromatic carbocycles. The molecule has 6 nitrogen and oxygen atoms in total. The van der Waals surface area contributed by atoms with E-state index < -0.39 is 22.0 Å². The van der Waals surface area contributed by atoms with Gasteiger partial charge in [-0.05, 0) is 46.0 Å². The molecule has 1 heterocycles. The van der Waals surface area contributed by atoms with Crippen molar-refractivity contribution in [3.05, 3.63) is 150 Å². The third-order valence-electron chi connectivity index (χ3n) is 7.20. The van der Waals surface area contributed by atoms with E-state index in [0.29, 0.717) is 12.0 Å². The van der Waals surface area contributed by atoms with Gasteiger partial charge in [0.15, 0.2) is 0 Å². The summed E-state index contributed by atoms with van der Waals surface area (Å²) in [6.45, 7) is 0. The first-order valence-corrected chi connectivity index (χ1v) is 14.9. The Bertz CT molecular complexity index is 1950. The van der Waals surface area contributed by atoms with Crippen LogP contribution in [0.1, 0.15) is 22.9 Å². The summed E-state index contributed by atoms with van der Waals surface area (Å²) in [7, 11) is -4.08. The van der Waals surface area contributed by atoms with E-state index in [9.17, 15) is 18.3 Å². The van der Waals surface area contributed by atoms with E-state index in [4.69, 9.17) is 4.42 Å². The molecule has 1 atom stereocenters. The lowest BCUT2D eigenvalue weighted by molar-refractivity contribution is -0.139. The van der Waals surface area contributed by atoms with Crippen molar-refractivity contribution in [1.82, 2.24) is 4.72 Å². The van der Waals surface area contributed by atoms with Crippen molar-refractivity contribution in [2.75, 3.05) is 0 Å². The molecule has 1 unspecified atom stereocenters. The maximum atomic E-state index is 13.0.